The molecule has 0 unspecified atom stereocenters. The maximum absolute atomic E-state index is 10.9. The fourth-order valence-corrected chi connectivity index (χ4v) is 2.36. The lowest BCUT2D eigenvalue weighted by molar-refractivity contribution is 0.0697. The van der Waals surface area contributed by atoms with Crippen LogP contribution < -0.4 is 0 Å². The van der Waals surface area contributed by atoms with E-state index < -0.39 is 5.97 Å². The molecule has 1 aromatic carbocycles. The average Bonchev–Trinajstić information content (AvgIpc) is 3.08. The molecule has 0 aliphatic heterocycles. The molecule has 0 saturated heterocycles. The summed E-state index contributed by atoms with van der Waals surface area (Å²) >= 11 is 0. The standard InChI is InChI=1S/C19H13N3O2/c20-12-16(14-5-7-15(8-6-14)19(23)24)11-17-4-2-10-22(17)18-3-1-9-21-13-18/h1-11,13H,(H,23,24)/b16-11+. The van der Waals surface area contributed by atoms with Gasteiger partial charge in [0.05, 0.1) is 29.1 Å². The molecule has 0 fully saturated rings. The van der Waals surface area contributed by atoms with E-state index in [1.165, 1.54) is 12.1 Å². The zero-order valence-electron chi connectivity index (χ0n) is 12.6. The van der Waals surface area contributed by atoms with Crippen LogP contribution in [0.5, 0.6) is 0 Å². The summed E-state index contributed by atoms with van der Waals surface area (Å²) in [4.78, 5) is 15.0. The van der Waals surface area contributed by atoms with Crippen LogP contribution in [0.3, 0.4) is 0 Å². The van der Waals surface area contributed by atoms with Gasteiger partial charge in [0.1, 0.15) is 0 Å². The zero-order valence-corrected chi connectivity index (χ0v) is 12.6. The highest BCUT2D eigenvalue weighted by molar-refractivity contribution is 5.91. The highest BCUT2D eigenvalue weighted by Gasteiger charge is 2.07. The minimum absolute atomic E-state index is 0.190. The number of hydrogen-bond acceptors (Lipinski definition) is 3. The number of hydrogen-bond donors (Lipinski definition) is 1. The first-order valence-corrected chi connectivity index (χ1v) is 7.22. The summed E-state index contributed by atoms with van der Waals surface area (Å²) in [5.74, 6) is -0.991. The van der Waals surface area contributed by atoms with E-state index in [4.69, 9.17) is 5.11 Å². The molecule has 5 nitrogen and oxygen atoms in total. The molecule has 0 atom stereocenters. The molecule has 3 aromatic rings. The lowest BCUT2D eigenvalue weighted by atomic mass is 10.0. The van der Waals surface area contributed by atoms with Crippen molar-refractivity contribution in [3.63, 3.8) is 0 Å². The molecule has 2 heterocycles. The second-order valence-electron chi connectivity index (χ2n) is 5.07. The first-order valence-electron chi connectivity index (χ1n) is 7.22. The highest BCUT2D eigenvalue weighted by atomic mass is 16.4. The van der Waals surface area contributed by atoms with Crippen LogP contribution in [0.25, 0.3) is 17.3 Å². The summed E-state index contributed by atoms with van der Waals surface area (Å²) in [5, 5.41) is 18.4. The Bertz CT molecular complexity index is 933. The van der Waals surface area contributed by atoms with Crippen molar-refractivity contribution >= 4 is 17.6 Å². The minimum atomic E-state index is -0.991. The number of nitrogens with zero attached hydrogens (tertiary/aromatic N) is 3. The van der Waals surface area contributed by atoms with Crippen LogP contribution in [-0.4, -0.2) is 20.6 Å². The van der Waals surface area contributed by atoms with Gasteiger partial charge in [0.25, 0.3) is 0 Å². The van der Waals surface area contributed by atoms with Gasteiger partial charge in [-0.15, -0.1) is 0 Å². The molecule has 0 aliphatic rings. The summed E-state index contributed by atoms with van der Waals surface area (Å²) in [6.07, 6.45) is 7.10. The quantitative estimate of drug-likeness (QED) is 0.746. The number of allylic oxidation sites excluding steroid dienone is 1. The maximum atomic E-state index is 10.9. The Morgan fingerprint density at radius 1 is 1.12 bits per heavy atom. The summed E-state index contributed by atoms with van der Waals surface area (Å²) in [7, 11) is 0. The summed E-state index contributed by atoms with van der Waals surface area (Å²) in [6.45, 7) is 0. The SMILES string of the molecule is N#C/C(=C\c1cccn1-c1cccnc1)c1ccc(C(=O)O)cc1. The van der Waals surface area contributed by atoms with E-state index in [1.54, 1.807) is 30.6 Å². The minimum Gasteiger partial charge on any atom is -0.478 e. The number of rotatable bonds is 4. The number of benzene rings is 1. The second-order valence-corrected chi connectivity index (χ2v) is 5.07. The van der Waals surface area contributed by atoms with Crippen molar-refractivity contribution in [2.24, 2.45) is 0 Å². The van der Waals surface area contributed by atoms with Crippen molar-refractivity contribution in [1.29, 1.82) is 5.26 Å². The molecule has 3 rings (SSSR count). The number of aromatic nitrogens is 2. The van der Waals surface area contributed by atoms with Crippen molar-refractivity contribution < 1.29 is 9.90 Å². The van der Waals surface area contributed by atoms with E-state index in [0.29, 0.717) is 11.1 Å². The van der Waals surface area contributed by atoms with Crippen molar-refractivity contribution in [3.05, 3.63) is 83.9 Å². The Balaban J connectivity index is 1.99. The van der Waals surface area contributed by atoms with Gasteiger partial charge in [-0.1, -0.05) is 12.1 Å². The molecule has 24 heavy (non-hydrogen) atoms. The first-order chi connectivity index (χ1) is 11.7. The van der Waals surface area contributed by atoms with Crippen molar-refractivity contribution in [2.75, 3.05) is 0 Å². The molecule has 0 spiro atoms. The van der Waals surface area contributed by atoms with Crippen LogP contribution in [0.4, 0.5) is 0 Å². The molecule has 2 aromatic heterocycles. The van der Waals surface area contributed by atoms with Gasteiger partial charge in [-0.3, -0.25) is 4.98 Å². The van der Waals surface area contributed by atoms with Gasteiger partial charge in [0, 0.05) is 18.1 Å². The van der Waals surface area contributed by atoms with Crippen LogP contribution in [0, 0.1) is 11.3 Å². The van der Waals surface area contributed by atoms with Gasteiger partial charge in [0.15, 0.2) is 0 Å². The van der Waals surface area contributed by atoms with Gasteiger partial charge < -0.3 is 9.67 Å². The molecular weight excluding hydrogens is 302 g/mol. The number of carbonyl (C=O) groups is 1. The van der Waals surface area contributed by atoms with E-state index in [-0.39, 0.29) is 5.56 Å². The van der Waals surface area contributed by atoms with Crippen molar-refractivity contribution in [2.45, 2.75) is 0 Å². The maximum Gasteiger partial charge on any atom is 0.335 e. The monoisotopic (exact) mass is 315 g/mol. The van der Waals surface area contributed by atoms with Gasteiger partial charge in [-0.05, 0) is 48.0 Å². The smallest absolute Gasteiger partial charge is 0.335 e. The van der Waals surface area contributed by atoms with Crippen LogP contribution >= 0.6 is 0 Å². The highest BCUT2D eigenvalue weighted by Crippen LogP contribution is 2.20. The Labute approximate surface area is 138 Å². The van der Waals surface area contributed by atoms with Crippen molar-refractivity contribution in [3.8, 4) is 11.8 Å². The van der Waals surface area contributed by atoms with Gasteiger partial charge in [-0.2, -0.15) is 5.26 Å². The van der Waals surface area contributed by atoms with Crippen LogP contribution in [0.1, 0.15) is 21.6 Å². The number of nitriles is 1. The first kappa shape index (κ1) is 15.3. The third kappa shape index (κ3) is 3.08. The molecule has 0 bridgehead atoms. The fraction of sp³-hybridized carbons (Fsp3) is 0. The molecular formula is C19H13N3O2. The van der Waals surface area contributed by atoms with E-state index in [2.05, 4.69) is 11.1 Å². The van der Waals surface area contributed by atoms with E-state index in [0.717, 1.165) is 11.4 Å². The normalized spacial score (nSPS) is 11.0. The van der Waals surface area contributed by atoms with Gasteiger partial charge in [0.2, 0.25) is 0 Å². The summed E-state index contributed by atoms with van der Waals surface area (Å²) in [5.41, 5.74) is 3.04. The average molecular weight is 315 g/mol. The number of pyridine rings is 1. The van der Waals surface area contributed by atoms with Crippen LogP contribution in [-0.2, 0) is 0 Å². The van der Waals surface area contributed by atoms with Crippen LogP contribution in [0.2, 0.25) is 0 Å². The van der Waals surface area contributed by atoms with E-state index in [1.807, 2.05) is 35.0 Å². The molecule has 0 amide bonds. The number of aromatic carboxylic acids is 1. The predicted octanol–water partition coefficient (Wildman–Crippen LogP) is 3.63. The fourth-order valence-electron chi connectivity index (χ4n) is 2.36. The number of carboxylic acid groups (broad SMARTS) is 1. The Hall–Kier alpha value is -3.65. The topological polar surface area (TPSA) is 78.9 Å². The molecule has 0 radical (unpaired) electrons. The Morgan fingerprint density at radius 3 is 2.50 bits per heavy atom. The predicted molar refractivity (Wildman–Crippen MR) is 90.4 cm³/mol. The van der Waals surface area contributed by atoms with Gasteiger partial charge >= 0.3 is 5.97 Å². The Kier molecular flexibility index (Phi) is 4.21. The summed E-state index contributed by atoms with van der Waals surface area (Å²) < 4.78 is 1.93. The van der Waals surface area contributed by atoms with Gasteiger partial charge in [-0.25, -0.2) is 4.79 Å². The van der Waals surface area contributed by atoms with E-state index in [9.17, 15) is 10.1 Å². The lowest BCUT2D eigenvalue weighted by Gasteiger charge is -2.06. The molecule has 1 N–H and O–H groups in total. The lowest BCUT2D eigenvalue weighted by Crippen LogP contribution is -1.97. The summed E-state index contributed by atoms with van der Waals surface area (Å²) in [6, 6.07) is 16.0. The third-order valence-electron chi connectivity index (χ3n) is 3.56. The zero-order chi connectivity index (χ0) is 16.9. The van der Waals surface area contributed by atoms with Crippen LogP contribution in [0.15, 0.2) is 67.1 Å². The molecule has 116 valence electrons. The third-order valence-corrected chi connectivity index (χ3v) is 3.56. The van der Waals surface area contributed by atoms with E-state index >= 15 is 0 Å². The Morgan fingerprint density at radius 2 is 1.88 bits per heavy atom. The molecule has 0 saturated carbocycles. The van der Waals surface area contributed by atoms with Crippen molar-refractivity contribution in [1.82, 2.24) is 9.55 Å². The molecule has 0 aliphatic carbocycles. The second kappa shape index (κ2) is 6.63. The number of carboxylic acids is 1. The largest absolute Gasteiger partial charge is 0.478 e. The molecule has 5 heteroatoms.